The van der Waals surface area contributed by atoms with E-state index < -0.39 is 0 Å². The van der Waals surface area contributed by atoms with Crippen LogP contribution in [0.2, 0.25) is 0 Å². The number of hydrogen-bond acceptors (Lipinski definition) is 6. The number of carbonyl (C=O) groups excluding carboxylic acids is 1. The van der Waals surface area contributed by atoms with Crippen LogP contribution in [0.5, 0.6) is 0 Å². The molecule has 0 saturated carbocycles. The van der Waals surface area contributed by atoms with Crippen molar-refractivity contribution < 1.29 is 4.79 Å². The van der Waals surface area contributed by atoms with Gasteiger partial charge in [0.2, 0.25) is 5.91 Å². The molecule has 0 atom stereocenters. The summed E-state index contributed by atoms with van der Waals surface area (Å²) in [5.41, 5.74) is 0.928. The first-order chi connectivity index (χ1) is 12.0. The first-order valence-corrected chi connectivity index (χ1v) is 9.72. The zero-order valence-electron chi connectivity index (χ0n) is 15.1. The van der Waals surface area contributed by atoms with Crippen LogP contribution in [0.25, 0.3) is 10.2 Å². The SMILES string of the molecule is CCCN1CCN(C(=O)Cn2nc(C)c3sc(CC)nc3c2=O)CC1. The van der Waals surface area contributed by atoms with E-state index in [2.05, 4.69) is 21.9 Å². The highest BCUT2D eigenvalue weighted by Crippen LogP contribution is 2.21. The minimum absolute atomic E-state index is 0.0115. The van der Waals surface area contributed by atoms with Gasteiger partial charge in [-0.05, 0) is 26.3 Å². The number of thiazole rings is 1. The Labute approximate surface area is 151 Å². The van der Waals surface area contributed by atoms with Crippen LogP contribution in [0, 0.1) is 6.92 Å². The first-order valence-electron chi connectivity index (χ1n) is 8.90. The lowest BCUT2D eigenvalue weighted by Gasteiger charge is -2.34. The van der Waals surface area contributed by atoms with Crippen molar-refractivity contribution in [2.75, 3.05) is 32.7 Å². The fourth-order valence-electron chi connectivity index (χ4n) is 3.17. The molecule has 1 aliphatic heterocycles. The maximum absolute atomic E-state index is 12.6. The quantitative estimate of drug-likeness (QED) is 0.800. The fraction of sp³-hybridized carbons (Fsp3) is 0.647. The van der Waals surface area contributed by atoms with Crippen LogP contribution in [0.1, 0.15) is 31.0 Å². The molecule has 7 nitrogen and oxygen atoms in total. The predicted octanol–water partition coefficient (Wildman–Crippen LogP) is 1.28. The normalized spacial score (nSPS) is 15.9. The van der Waals surface area contributed by atoms with E-state index in [0.717, 1.165) is 47.9 Å². The Bertz CT molecular complexity index is 820. The lowest BCUT2D eigenvalue weighted by molar-refractivity contribution is -0.133. The van der Waals surface area contributed by atoms with E-state index in [-0.39, 0.29) is 18.0 Å². The van der Waals surface area contributed by atoms with Gasteiger partial charge in [0.25, 0.3) is 5.56 Å². The molecule has 3 rings (SSSR count). The van der Waals surface area contributed by atoms with Gasteiger partial charge in [0.1, 0.15) is 6.54 Å². The molecule has 0 unspecified atom stereocenters. The Morgan fingerprint density at radius 1 is 1.20 bits per heavy atom. The smallest absolute Gasteiger partial charge is 0.294 e. The third-order valence-corrected chi connectivity index (χ3v) is 5.87. The highest BCUT2D eigenvalue weighted by atomic mass is 32.1. The summed E-state index contributed by atoms with van der Waals surface area (Å²) in [6, 6.07) is 0. The maximum atomic E-state index is 12.6. The van der Waals surface area contributed by atoms with Gasteiger partial charge in [-0.1, -0.05) is 13.8 Å². The summed E-state index contributed by atoms with van der Waals surface area (Å²) in [5.74, 6) is -0.0459. The number of amides is 1. The Kier molecular flexibility index (Phi) is 5.48. The number of fused-ring (bicyclic) bond motifs is 1. The van der Waals surface area contributed by atoms with Gasteiger partial charge in [-0.25, -0.2) is 9.67 Å². The lowest BCUT2D eigenvalue weighted by atomic mass is 10.3. The summed E-state index contributed by atoms with van der Waals surface area (Å²) in [6.45, 7) is 10.3. The summed E-state index contributed by atoms with van der Waals surface area (Å²) >= 11 is 1.51. The number of aryl methyl sites for hydroxylation is 2. The summed E-state index contributed by atoms with van der Waals surface area (Å²) in [4.78, 5) is 33.8. The van der Waals surface area contributed by atoms with E-state index in [0.29, 0.717) is 18.6 Å². The zero-order valence-corrected chi connectivity index (χ0v) is 15.9. The number of aromatic nitrogens is 3. The van der Waals surface area contributed by atoms with Gasteiger partial charge < -0.3 is 4.90 Å². The van der Waals surface area contributed by atoms with Crippen LogP contribution in [-0.4, -0.2) is 63.2 Å². The summed E-state index contributed by atoms with van der Waals surface area (Å²) in [7, 11) is 0. The van der Waals surface area contributed by atoms with Crippen LogP contribution in [-0.2, 0) is 17.8 Å². The largest absolute Gasteiger partial charge is 0.339 e. The second-order valence-electron chi connectivity index (χ2n) is 6.41. The molecule has 0 spiro atoms. The fourth-order valence-corrected chi connectivity index (χ4v) is 4.11. The first kappa shape index (κ1) is 18.0. The molecule has 1 fully saturated rings. The molecule has 1 saturated heterocycles. The molecule has 0 aliphatic carbocycles. The Morgan fingerprint density at radius 3 is 2.56 bits per heavy atom. The monoisotopic (exact) mass is 363 g/mol. The van der Waals surface area contributed by atoms with Crippen molar-refractivity contribution in [1.29, 1.82) is 0 Å². The van der Waals surface area contributed by atoms with Crippen molar-refractivity contribution >= 4 is 27.5 Å². The van der Waals surface area contributed by atoms with Crippen molar-refractivity contribution in [3.05, 3.63) is 21.1 Å². The zero-order chi connectivity index (χ0) is 18.0. The minimum Gasteiger partial charge on any atom is -0.339 e. The molecule has 2 aromatic rings. The van der Waals surface area contributed by atoms with Crippen molar-refractivity contribution in [2.24, 2.45) is 0 Å². The van der Waals surface area contributed by atoms with Gasteiger partial charge in [0.05, 0.1) is 15.4 Å². The molecule has 1 aliphatic rings. The molecule has 0 aromatic carbocycles. The van der Waals surface area contributed by atoms with Gasteiger partial charge in [-0.15, -0.1) is 11.3 Å². The van der Waals surface area contributed by atoms with Crippen molar-refractivity contribution in [1.82, 2.24) is 24.6 Å². The van der Waals surface area contributed by atoms with Crippen LogP contribution in [0.4, 0.5) is 0 Å². The molecule has 136 valence electrons. The number of nitrogens with zero attached hydrogens (tertiary/aromatic N) is 5. The molecule has 1 amide bonds. The second-order valence-corrected chi connectivity index (χ2v) is 7.49. The van der Waals surface area contributed by atoms with E-state index in [9.17, 15) is 9.59 Å². The number of hydrogen-bond donors (Lipinski definition) is 0. The van der Waals surface area contributed by atoms with E-state index in [4.69, 9.17) is 0 Å². The van der Waals surface area contributed by atoms with Gasteiger partial charge in [-0.3, -0.25) is 14.5 Å². The van der Waals surface area contributed by atoms with Crippen LogP contribution in [0.15, 0.2) is 4.79 Å². The maximum Gasteiger partial charge on any atom is 0.294 e. The van der Waals surface area contributed by atoms with Crippen LogP contribution in [0.3, 0.4) is 0 Å². The third-order valence-electron chi connectivity index (χ3n) is 4.56. The summed E-state index contributed by atoms with van der Waals surface area (Å²) < 4.78 is 2.11. The molecule has 2 aromatic heterocycles. The van der Waals surface area contributed by atoms with Crippen molar-refractivity contribution in [3.8, 4) is 0 Å². The van der Waals surface area contributed by atoms with Crippen LogP contribution >= 0.6 is 11.3 Å². The molecule has 8 heteroatoms. The summed E-state index contributed by atoms with van der Waals surface area (Å²) in [5, 5.41) is 5.27. The average molecular weight is 363 g/mol. The second kappa shape index (κ2) is 7.61. The lowest BCUT2D eigenvalue weighted by Crippen LogP contribution is -2.50. The number of carbonyl (C=O) groups is 1. The Balaban J connectivity index is 1.75. The highest BCUT2D eigenvalue weighted by molar-refractivity contribution is 7.18. The van der Waals surface area contributed by atoms with Crippen LogP contribution < -0.4 is 5.56 Å². The van der Waals surface area contributed by atoms with E-state index in [1.165, 1.54) is 16.0 Å². The Hall–Kier alpha value is -1.80. The Morgan fingerprint density at radius 2 is 1.92 bits per heavy atom. The predicted molar refractivity (Wildman–Crippen MR) is 99.1 cm³/mol. The highest BCUT2D eigenvalue weighted by Gasteiger charge is 2.22. The molecule has 3 heterocycles. The average Bonchev–Trinajstić information content (AvgIpc) is 3.05. The minimum atomic E-state index is -0.269. The van der Waals surface area contributed by atoms with Gasteiger partial charge in [-0.2, -0.15) is 5.10 Å². The molecule has 25 heavy (non-hydrogen) atoms. The van der Waals surface area contributed by atoms with Crippen molar-refractivity contribution in [3.63, 3.8) is 0 Å². The number of piperazine rings is 1. The molecular weight excluding hydrogens is 338 g/mol. The van der Waals surface area contributed by atoms with Gasteiger partial charge in [0, 0.05) is 26.2 Å². The van der Waals surface area contributed by atoms with E-state index in [1.807, 2.05) is 18.7 Å². The standard InChI is InChI=1S/C17H25N5O2S/c1-4-6-20-7-9-21(10-8-20)14(23)11-22-17(24)15-16(12(3)19-22)25-13(5-2)18-15/h4-11H2,1-3H3. The van der Waals surface area contributed by atoms with Gasteiger partial charge >= 0.3 is 0 Å². The third kappa shape index (κ3) is 3.74. The molecular formula is C17H25N5O2S. The number of rotatable bonds is 5. The van der Waals surface area contributed by atoms with Gasteiger partial charge in [0.15, 0.2) is 5.52 Å². The summed E-state index contributed by atoms with van der Waals surface area (Å²) in [6.07, 6.45) is 1.92. The molecule has 0 radical (unpaired) electrons. The van der Waals surface area contributed by atoms with Crippen molar-refractivity contribution in [2.45, 2.75) is 40.2 Å². The topological polar surface area (TPSA) is 71.3 Å². The molecule has 0 N–H and O–H groups in total. The molecule has 0 bridgehead atoms. The van der Waals surface area contributed by atoms with E-state index >= 15 is 0 Å². The van der Waals surface area contributed by atoms with E-state index in [1.54, 1.807) is 0 Å².